The number of halogens is 1. The minimum absolute atomic E-state index is 0. The summed E-state index contributed by atoms with van der Waals surface area (Å²) in [5.74, 6) is -0.548. The van der Waals surface area contributed by atoms with Crippen molar-refractivity contribution >= 4 is 45.8 Å². The lowest BCUT2D eigenvalue weighted by molar-refractivity contribution is -0.182. The molecule has 1 heterocycles. The van der Waals surface area contributed by atoms with Gasteiger partial charge in [0.25, 0.3) is 0 Å². The SMILES string of the molecule is CCNCC(=O)ON(C(N)=O)[C@H](C)c1cc2ccccc2s1.Cl. The summed E-state index contributed by atoms with van der Waals surface area (Å²) < 4.78 is 1.10. The van der Waals surface area contributed by atoms with Crippen molar-refractivity contribution in [2.45, 2.75) is 19.9 Å². The van der Waals surface area contributed by atoms with E-state index in [0.717, 1.165) is 20.0 Å². The largest absolute Gasteiger partial charge is 0.349 e. The number of carbonyl (C=O) groups excluding carboxylic acids is 2. The van der Waals surface area contributed by atoms with E-state index >= 15 is 0 Å². The van der Waals surface area contributed by atoms with E-state index < -0.39 is 18.0 Å². The average molecular weight is 358 g/mol. The minimum atomic E-state index is -0.796. The van der Waals surface area contributed by atoms with Crippen molar-refractivity contribution in [1.29, 1.82) is 0 Å². The number of urea groups is 1. The highest BCUT2D eigenvalue weighted by molar-refractivity contribution is 7.19. The number of hydroxylamine groups is 2. The molecule has 0 unspecified atom stereocenters. The third-order valence-corrected chi connectivity index (χ3v) is 4.43. The van der Waals surface area contributed by atoms with Gasteiger partial charge in [-0.05, 0) is 31.0 Å². The molecule has 126 valence electrons. The summed E-state index contributed by atoms with van der Waals surface area (Å²) in [5, 5.41) is 4.84. The Balaban J connectivity index is 0.00000264. The lowest BCUT2D eigenvalue weighted by Gasteiger charge is -2.24. The summed E-state index contributed by atoms with van der Waals surface area (Å²) in [6.07, 6.45) is 0. The number of hydrogen-bond acceptors (Lipinski definition) is 5. The summed E-state index contributed by atoms with van der Waals surface area (Å²) >= 11 is 1.54. The van der Waals surface area contributed by atoms with Crippen LogP contribution in [0.1, 0.15) is 24.8 Å². The zero-order valence-corrected chi connectivity index (χ0v) is 14.6. The van der Waals surface area contributed by atoms with Gasteiger partial charge in [-0.25, -0.2) is 9.59 Å². The number of rotatable bonds is 5. The zero-order chi connectivity index (χ0) is 16.1. The molecule has 0 bridgehead atoms. The maximum absolute atomic E-state index is 11.7. The van der Waals surface area contributed by atoms with Gasteiger partial charge in [0.2, 0.25) is 0 Å². The number of primary amides is 1. The van der Waals surface area contributed by atoms with Crippen LogP contribution in [0.15, 0.2) is 30.3 Å². The van der Waals surface area contributed by atoms with Crippen LogP contribution in [-0.4, -0.2) is 30.2 Å². The van der Waals surface area contributed by atoms with Gasteiger partial charge in [-0.15, -0.1) is 28.8 Å². The van der Waals surface area contributed by atoms with Gasteiger partial charge in [0.1, 0.15) is 6.04 Å². The number of carbonyl (C=O) groups is 2. The van der Waals surface area contributed by atoms with Crippen LogP contribution < -0.4 is 11.1 Å². The van der Waals surface area contributed by atoms with Crippen molar-refractivity contribution in [2.24, 2.45) is 5.73 Å². The molecule has 0 aliphatic carbocycles. The van der Waals surface area contributed by atoms with E-state index in [9.17, 15) is 9.59 Å². The molecule has 2 amide bonds. The Kier molecular flexibility index (Phi) is 7.28. The predicted octanol–water partition coefficient (Wildman–Crippen LogP) is 2.83. The Morgan fingerprint density at radius 3 is 2.70 bits per heavy atom. The normalized spacial score (nSPS) is 11.6. The molecule has 1 aromatic heterocycles. The van der Waals surface area contributed by atoms with Crippen molar-refractivity contribution < 1.29 is 14.4 Å². The third-order valence-electron chi connectivity index (χ3n) is 3.14. The quantitative estimate of drug-likeness (QED) is 0.806. The molecule has 0 radical (unpaired) electrons. The Hall–Kier alpha value is -1.83. The number of nitrogens with zero attached hydrogens (tertiary/aromatic N) is 1. The zero-order valence-electron chi connectivity index (χ0n) is 12.9. The number of thiophene rings is 1. The van der Waals surface area contributed by atoms with E-state index in [1.165, 1.54) is 11.3 Å². The molecule has 2 aromatic rings. The molecule has 0 saturated heterocycles. The predicted molar refractivity (Wildman–Crippen MR) is 93.5 cm³/mol. The van der Waals surface area contributed by atoms with Gasteiger partial charge >= 0.3 is 12.0 Å². The van der Waals surface area contributed by atoms with E-state index in [1.807, 2.05) is 37.3 Å². The van der Waals surface area contributed by atoms with Gasteiger partial charge in [0, 0.05) is 9.58 Å². The number of nitrogens with one attached hydrogen (secondary N) is 1. The van der Waals surface area contributed by atoms with Crippen LogP contribution in [-0.2, 0) is 9.63 Å². The van der Waals surface area contributed by atoms with E-state index in [4.69, 9.17) is 10.6 Å². The van der Waals surface area contributed by atoms with E-state index in [1.54, 1.807) is 6.92 Å². The Morgan fingerprint density at radius 2 is 2.09 bits per heavy atom. The van der Waals surface area contributed by atoms with Crippen LogP contribution in [0.4, 0.5) is 4.79 Å². The molecule has 0 spiro atoms. The second-order valence-electron chi connectivity index (χ2n) is 4.77. The van der Waals surface area contributed by atoms with E-state index in [2.05, 4.69) is 5.32 Å². The van der Waals surface area contributed by atoms with E-state index in [0.29, 0.717) is 6.54 Å². The molecule has 0 aliphatic heterocycles. The van der Waals surface area contributed by atoms with Crippen molar-refractivity contribution in [3.8, 4) is 0 Å². The summed E-state index contributed by atoms with van der Waals surface area (Å²) in [7, 11) is 0. The molecule has 2 rings (SSSR count). The molecule has 0 aliphatic rings. The first-order chi connectivity index (χ1) is 10.5. The summed E-state index contributed by atoms with van der Waals surface area (Å²) in [5.41, 5.74) is 5.34. The van der Waals surface area contributed by atoms with Crippen LogP contribution in [0.3, 0.4) is 0 Å². The number of hydrogen-bond donors (Lipinski definition) is 2. The van der Waals surface area contributed by atoms with Crippen LogP contribution in [0.25, 0.3) is 10.1 Å². The Morgan fingerprint density at radius 1 is 1.39 bits per heavy atom. The second kappa shape index (κ2) is 8.71. The van der Waals surface area contributed by atoms with Gasteiger partial charge < -0.3 is 15.9 Å². The van der Waals surface area contributed by atoms with E-state index in [-0.39, 0.29) is 19.0 Å². The molecule has 1 atom stereocenters. The smallest absolute Gasteiger partial charge is 0.348 e. The fraction of sp³-hybridized carbons (Fsp3) is 0.333. The topological polar surface area (TPSA) is 84.7 Å². The number of amides is 2. The molecule has 1 aromatic carbocycles. The molecule has 0 fully saturated rings. The van der Waals surface area contributed by atoms with Gasteiger partial charge in [-0.1, -0.05) is 25.1 Å². The lowest BCUT2D eigenvalue weighted by atomic mass is 10.2. The monoisotopic (exact) mass is 357 g/mol. The first kappa shape index (κ1) is 19.2. The molecule has 3 N–H and O–H groups in total. The first-order valence-electron chi connectivity index (χ1n) is 7.01. The van der Waals surface area contributed by atoms with Crippen molar-refractivity contribution in [3.63, 3.8) is 0 Å². The molecule has 23 heavy (non-hydrogen) atoms. The summed E-state index contributed by atoms with van der Waals surface area (Å²) in [6.45, 7) is 4.31. The minimum Gasteiger partial charge on any atom is -0.349 e. The molecule has 8 heteroatoms. The number of benzene rings is 1. The first-order valence-corrected chi connectivity index (χ1v) is 7.83. The number of nitrogens with two attached hydrogens (primary N) is 1. The van der Waals surface area contributed by atoms with Crippen LogP contribution in [0.2, 0.25) is 0 Å². The fourth-order valence-electron chi connectivity index (χ4n) is 2.01. The second-order valence-corrected chi connectivity index (χ2v) is 5.89. The molecular formula is C15H20ClN3O3S. The Labute approximate surface area is 145 Å². The third kappa shape index (κ3) is 4.82. The summed E-state index contributed by atoms with van der Waals surface area (Å²) in [6, 6.07) is 8.63. The fourth-order valence-corrected chi connectivity index (χ4v) is 3.11. The van der Waals surface area contributed by atoms with Crippen LogP contribution >= 0.6 is 23.7 Å². The van der Waals surface area contributed by atoms with Crippen molar-refractivity contribution in [1.82, 2.24) is 10.4 Å². The van der Waals surface area contributed by atoms with Crippen LogP contribution in [0.5, 0.6) is 0 Å². The molecule has 6 nitrogen and oxygen atoms in total. The summed E-state index contributed by atoms with van der Waals surface area (Å²) in [4.78, 5) is 29.3. The van der Waals surface area contributed by atoms with Crippen molar-refractivity contribution in [3.05, 3.63) is 35.2 Å². The number of likely N-dealkylation sites (N-methyl/N-ethyl adjacent to an activating group) is 1. The lowest BCUT2D eigenvalue weighted by Crippen LogP contribution is -2.41. The van der Waals surface area contributed by atoms with Gasteiger partial charge in [-0.3, -0.25) is 0 Å². The molecular weight excluding hydrogens is 338 g/mol. The van der Waals surface area contributed by atoms with Gasteiger partial charge in [0.05, 0.1) is 6.54 Å². The van der Waals surface area contributed by atoms with Gasteiger partial charge in [-0.2, -0.15) is 0 Å². The highest BCUT2D eigenvalue weighted by atomic mass is 35.5. The highest BCUT2D eigenvalue weighted by Crippen LogP contribution is 2.32. The average Bonchev–Trinajstić information content (AvgIpc) is 2.93. The van der Waals surface area contributed by atoms with Crippen LogP contribution in [0, 0.1) is 0 Å². The maximum atomic E-state index is 11.7. The maximum Gasteiger partial charge on any atom is 0.348 e. The van der Waals surface area contributed by atoms with Crippen molar-refractivity contribution in [2.75, 3.05) is 13.1 Å². The number of fused-ring (bicyclic) bond motifs is 1. The molecule has 0 saturated carbocycles. The highest BCUT2D eigenvalue weighted by Gasteiger charge is 2.25. The van der Waals surface area contributed by atoms with Gasteiger partial charge in [0.15, 0.2) is 0 Å². The Bertz CT molecular complexity index is 644. The standard InChI is InChI=1S/C15H19N3O3S.ClH/c1-3-17-9-14(19)21-18(15(16)20)10(2)13-8-11-6-4-5-7-12(11)22-13;/h4-8,10,17H,3,9H2,1-2H3,(H2,16,20);1H/t10-;/m1./s1.